The van der Waals surface area contributed by atoms with E-state index in [2.05, 4.69) is 31.4 Å². The number of carbonyl (C=O) groups is 3. The van der Waals surface area contributed by atoms with E-state index in [1.54, 1.807) is 12.1 Å². The molecule has 0 radical (unpaired) electrons. The lowest BCUT2D eigenvalue weighted by molar-refractivity contribution is -0.146. The number of amides is 3. The van der Waals surface area contributed by atoms with E-state index in [0.717, 1.165) is 18.4 Å². The quantitative estimate of drug-likeness (QED) is 0.239. The summed E-state index contributed by atoms with van der Waals surface area (Å²) in [7, 11) is 0. The highest BCUT2D eigenvalue weighted by Gasteiger charge is 2.41. The summed E-state index contributed by atoms with van der Waals surface area (Å²) in [5.74, 6) is -1.75. The van der Waals surface area contributed by atoms with E-state index in [1.165, 1.54) is 11.0 Å². The van der Waals surface area contributed by atoms with E-state index >= 15 is 0 Å². The van der Waals surface area contributed by atoms with Gasteiger partial charge in [-0.2, -0.15) is 26.3 Å². The standard InChI is InChI=1S/C32H37F6N3O5/c1-30(2,3)19-6-8-23(9-7-19)41(29(46)40-22-14-20(31(33,34)35)13-21(15-22)32(36,37)38)25-11-5-17-12-18(4-10-24(17)25)27(43)39-16-26(42)28(44)45/h4,10,12-15,19,23,25-26,42H,5-9,11,16H2,1-3H3,(H,39,43)(H,40,46)(H,44,45). The van der Waals surface area contributed by atoms with Crippen LogP contribution < -0.4 is 10.6 Å². The van der Waals surface area contributed by atoms with Crippen molar-refractivity contribution in [3.63, 3.8) is 0 Å². The van der Waals surface area contributed by atoms with Gasteiger partial charge in [0.25, 0.3) is 5.91 Å². The van der Waals surface area contributed by atoms with Gasteiger partial charge >= 0.3 is 24.4 Å². The minimum absolute atomic E-state index is 0.00449. The lowest BCUT2D eigenvalue weighted by atomic mass is 9.71. The fraction of sp³-hybridized carbons (Fsp3) is 0.531. The predicted octanol–water partition coefficient (Wildman–Crippen LogP) is 7.03. The molecule has 252 valence electrons. The molecule has 4 N–H and O–H groups in total. The molecule has 46 heavy (non-hydrogen) atoms. The van der Waals surface area contributed by atoms with Crippen LogP contribution in [0.4, 0.5) is 36.8 Å². The van der Waals surface area contributed by atoms with Crippen molar-refractivity contribution in [1.82, 2.24) is 10.2 Å². The molecule has 0 aromatic heterocycles. The summed E-state index contributed by atoms with van der Waals surface area (Å²) in [5.41, 5.74) is -2.09. The molecule has 0 bridgehead atoms. The second kappa shape index (κ2) is 13.1. The van der Waals surface area contributed by atoms with Gasteiger partial charge < -0.3 is 25.7 Å². The van der Waals surface area contributed by atoms with Crippen LogP contribution in [-0.2, 0) is 23.6 Å². The summed E-state index contributed by atoms with van der Waals surface area (Å²) in [6.45, 7) is 5.86. The summed E-state index contributed by atoms with van der Waals surface area (Å²) >= 11 is 0. The van der Waals surface area contributed by atoms with Gasteiger partial charge in [-0.05, 0) is 91.3 Å². The number of nitrogens with one attached hydrogen (secondary N) is 2. The molecule has 0 saturated heterocycles. The first-order valence-corrected chi connectivity index (χ1v) is 15.0. The number of hydrogen-bond donors (Lipinski definition) is 4. The summed E-state index contributed by atoms with van der Waals surface area (Å²) in [6, 6.07) is 3.95. The molecule has 2 atom stereocenters. The van der Waals surface area contributed by atoms with Crippen molar-refractivity contribution in [3.8, 4) is 0 Å². The number of fused-ring (bicyclic) bond motifs is 1. The fourth-order valence-corrected chi connectivity index (χ4v) is 6.40. The monoisotopic (exact) mass is 657 g/mol. The van der Waals surface area contributed by atoms with Crippen LogP contribution in [0.25, 0.3) is 0 Å². The maximum Gasteiger partial charge on any atom is 0.416 e. The van der Waals surface area contributed by atoms with Crippen LogP contribution in [0.1, 0.15) is 91.5 Å². The molecule has 0 spiro atoms. The normalized spacial score (nSPS) is 20.9. The Labute approximate surface area is 262 Å². The number of aliphatic hydroxyl groups is 1. The van der Waals surface area contributed by atoms with Gasteiger partial charge in [0.05, 0.1) is 23.7 Å². The molecule has 4 rings (SSSR count). The van der Waals surface area contributed by atoms with Crippen LogP contribution in [0.15, 0.2) is 36.4 Å². The largest absolute Gasteiger partial charge is 0.479 e. The Morgan fingerprint density at radius 2 is 1.48 bits per heavy atom. The van der Waals surface area contributed by atoms with Gasteiger partial charge in [0.1, 0.15) is 0 Å². The molecular weight excluding hydrogens is 620 g/mol. The van der Waals surface area contributed by atoms with E-state index in [1.807, 2.05) is 0 Å². The van der Waals surface area contributed by atoms with Gasteiger partial charge in [0, 0.05) is 17.3 Å². The number of hydrogen-bond acceptors (Lipinski definition) is 4. The number of urea groups is 1. The second-order valence-corrected chi connectivity index (χ2v) is 13.0. The first-order valence-electron chi connectivity index (χ1n) is 15.0. The number of alkyl halides is 6. The van der Waals surface area contributed by atoms with Gasteiger partial charge in [-0.1, -0.05) is 26.8 Å². The summed E-state index contributed by atoms with van der Waals surface area (Å²) < 4.78 is 81.1. The van der Waals surface area contributed by atoms with Gasteiger partial charge in [-0.15, -0.1) is 0 Å². The SMILES string of the molecule is CC(C)(C)C1CCC(N(C(=O)Nc2cc(C(F)(F)F)cc(C(F)(F)F)c2)C2CCc3cc(C(=O)NCC(O)C(=O)O)ccc32)CC1. The van der Waals surface area contributed by atoms with Crippen molar-refractivity contribution in [1.29, 1.82) is 0 Å². The Bertz CT molecular complexity index is 1430. The minimum Gasteiger partial charge on any atom is -0.479 e. The number of benzene rings is 2. The minimum atomic E-state index is -5.08. The first kappa shape index (κ1) is 35.1. The molecule has 0 aliphatic heterocycles. The molecule has 1 fully saturated rings. The Morgan fingerprint density at radius 3 is 2.00 bits per heavy atom. The second-order valence-electron chi connectivity index (χ2n) is 13.0. The number of carboxylic acids is 1. The van der Waals surface area contributed by atoms with Crippen molar-refractivity contribution in [2.45, 2.75) is 89.8 Å². The van der Waals surface area contributed by atoms with Crippen LogP contribution in [-0.4, -0.2) is 51.7 Å². The fourth-order valence-electron chi connectivity index (χ4n) is 6.40. The highest BCUT2D eigenvalue weighted by molar-refractivity contribution is 5.95. The number of carbonyl (C=O) groups excluding carboxylic acids is 2. The smallest absolute Gasteiger partial charge is 0.416 e. The maximum absolute atomic E-state index is 13.9. The molecule has 3 amide bonds. The topological polar surface area (TPSA) is 119 Å². The van der Waals surface area contributed by atoms with Crippen LogP contribution in [0.2, 0.25) is 0 Å². The number of aryl methyl sites for hydroxylation is 1. The predicted molar refractivity (Wildman–Crippen MR) is 156 cm³/mol. The molecule has 1 saturated carbocycles. The number of anilines is 1. The number of nitrogens with zero attached hydrogens (tertiary/aromatic N) is 1. The number of aliphatic carboxylic acids is 1. The number of rotatable bonds is 7. The molecule has 8 nitrogen and oxygen atoms in total. The highest BCUT2D eigenvalue weighted by Crippen LogP contribution is 2.44. The summed E-state index contributed by atoms with van der Waals surface area (Å²) in [4.78, 5) is 38.9. The average molecular weight is 658 g/mol. The van der Waals surface area contributed by atoms with Crippen molar-refractivity contribution in [2.24, 2.45) is 11.3 Å². The van der Waals surface area contributed by atoms with Crippen LogP contribution in [0.3, 0.4) is 0 Å². The van der Waals surface area contributed by atoms with Crippen molar-refractivity contribution in [3.05, 3.63) is 64.2 Å². The van der Waals surface area contributed by atoms with Crippen molar-refractivity contribution in [2.75, 3.05) is 11.9 Å². The van der Waals surface area contributed by atoms with E-state index in [9.17, 15) is 45.8 Å². The molecular formula is C32H37F6N3O5. The molecule has 2 aromatic carbocycles. The molecule has 2 aliphatic rings. The van der Waals surface area contributed by atoms with Gasteiger partial charge in [0.15, 0.2) is 6.10 Å². The van der Waals surface area contributed by atoms with Crippen LogP contribution >= 0.6 is 0 Å². The first-order chi connectivity index (χ1) is 21.3. The lowest BCUT2D eigenvalue weighted by Crippen LogP contribution is -2.47. The Morgan fingerprint density at radius 1 is 0.891 bits per heavy atom. The third-order valence-corrected chi connectivity index (χ3v) is 8.92. The Hall–Kier alpha value is -3.81. The summed E-state index contributed by atoms with van der Waals surface area (Å²) in [6.07, 6.45) is -8.37. The third kappa shape index (κ3) is 8.12. The lowest BCUT2D eigenvalue weighted by Gasteiger charge is -2.43. The van der Waals surface area contributed by atoms with Gasteiger partial charge in [-0.25, -0.2) is 9.59 Å². The highest BCUT2D eigenvalue weighted by atomic mass is 19.4. The van der Waals surface area contributed by atoms with E-state index in [0.29, 0.717) is 49.3 Å². The van der Waals surface area contributed by atoms with Gasteiger partial charge in [-0.3, -0.25) is 4.79 Å². The number of aliphatic hydroxyl groups excluding tert-OH is 1. The Balaban J connectivity index is 1.65. The summed E-state index contributed by atoms with van der Waals surface area (Å²) in [5, 5.41) is 23.0. The van der Waals surface area contributed by atoms with E-state index < -0.39 is 65.8 Å². The Kier molecular flexibility index (Phi) is 10.0. The van der Waals surface area contributed by atoms with Crippen LogP contribution in [0, 0.1) is 11.3 Å². The van der Waals surface area contributed by atoms with Crippen molar-refractivity contribution < 1.29 is 50.9 Å². The van der Waals surface area contributed by atoms with E-state index in [4.69, 9.17) is 5.11 Å². The third-order valence-electron chi connectivity index (χ3n) is 8.92. The zero-order valence-electron chi connectivity index (χ0n) is 25.6. The number of carboxylic acid groups (broad SMARTS) is 1. The van der Waals surface area contributed by atoms with Crippen LogP contribution in [0.5, 0.6) is 0 Å². The zero-order chi connectivity index (χ0) is 34.2. The molecule has 2 aromatic rings. The van der Waals surface area contributed by atoms with Crippen molar-refractivity contribution >= 4 is 23.6 Å². The molecule has 14 heteroatoms. The molecule has 0 heterocycles. The number of halogens is 6. The molecule has 2 unspecified atom stereocenters. The molecule has 2 aliphatic carbocycles. The average Bonchev–Trinajstić information content (AvgIpc) is 3.37. The maximum atomic E-state index is 13.9. The van der Waals surface area contributed by atoms with Gasteiger partial charge in [0.2, 0.25) is 0 Å². The van der Waals surface area contributed by atoms with E-state index in [-0.39, 0.29) is 23.1 Å². The zero-order valence-corrected chi connectivity index (χ0v) is 25.6.